The number of nitrogen functional groups attached to an aromatic ring is 1. The maximum absolute atomic E-state index is 5.73. The quantitative estimate of drug-likeness (QED) is 0.834. The molecule has 5 heteroatoms. The van der Waals surface area contributed by atoms with Gasteiger partial charge in [-0.1, -0.05) is 11.6 Å². The van der Waals surface area contributed by atoms with E-state index in [-0.39, 0.29) is 0 Å². The molecule has 1 aromatic carbocycles. The second kappa shape index (κ2) is 4.45. The van der Waals surface area contributed by atoms with Crippen LogP contribution in [0.4, 0.5) is 5.69 Å². The Hall–Kier alpha value is -1.68. The summed E-state index contributed by atoms with van der Waals surface area (Å²) < 4.78 is 7.24. The van der Waals surface area contributed by atoms with Gasteiger partial charge in [-0.25, -0.2) is 0 Å². The molecule has 16 heavy (non-hydrogen) atoms. The van der Waals surface area contributed by atoms with E-state index in [0.717, 1.165) is 10.9 Å². The van der Waals surface area contributed by atoms with Crippen LogP contribution in [0.15, 0.2) is 29.8 Å². The molecule has 0 saturated heterocycles. The van der Waals surface area contributed by atoms with Gasteiger partial charge in [0.2, 0.25) is 5.88 Å². The summed E-state index contributed by atoms with van der Waals surface area (Å²) in [6.45, 7) is 0.393. The standard InChI is InChI=1S/C11H12ClN3O/c1-15-10-4-3-8(13)7-9(10)11(14-15)16-6-2-5-12/h2-5,7H,6,13H2,1H3/b5-2+. The van der Waals surface area contributed by atoms with E-state index in [2.05, 4.69) is 5.10 Å². The highest BCUT2D eigenvalue weighted by molar-refractivity contribution is 6.25. The van der Waals surface area contributed by atoms with Crippen molar-refractivity contribution in [2.24, 2.45) is 7.05 Å². The van der Waals surface area contributed by atoms with Crippen LogP contribution >= 0.6 is 11.6 Å². The summed E-state index contributed by atoms with van der Waals surface area (Å²) in [5, 5.41) is 5.17. The van der Waals surface area contributed by atoms with E-state index in [0.29, 0.717) is 18.2 Å². The molecule has 0 aliphatic carbocycles. The maximum atomic E-state index is 5.73. The second-order valence-corrected chi connectivity index (χ2v) is 3.63. The van der Waals surface area contributed by atoms with Gasteiger partial charge >= 0.3 is 0 Å². The molecule has 2 N–H and O–H groups in total. The molecule has 2 aromatic rings. The molecule has 2 rings (SSSR count). The molecular weight excluding hydrogens is 226 g/mol. The maximum Gasteiger partial charge on any atom is 0.241 e. The Morgan fingerprint density at radius 3 is 3.12 bits per heavy atom. The van der Waals surface area contributed by atoms with Crippen molar-refractivity contribution in [1.82, 2.24) is 9.78 Å². The number of hydrogen-bond acceptors (Lipinski definition) is 3. The van der Waals surface area contributed by atoms with Crippen molar-refractivity contribution in [1.29, 1.82) is 0 Å². The number of rotatable bonds is 3. The molecule has 1 heterocycles. The van der Waals surface area contributed by atoms with E-state index in [1.54, 1.807) is 10.8 Å². The van der Waals surface area contributed by atoms with Gasteiger partial charge in [-0.15, -0.1) is 5.10 Å². The summed E-state index contributed by atoms with van der Waals surface area (Å²) >= 11 is 5.41. The molecular formula is C11H12ClN3O. The summed E-state index contributed by atoms with van der Waals surface area (Å²) in [5.41, 5.74) is 8.82. The van der Waals surface area contributed by atoms with Crippen LogP contribution in [-0.2, 0) is 7.05 Å². The van der Waals surface area contributed by atoms with Crippen LogP contribution in [0.1, 0.15) is 0 Å². The number of nitrogens with two attached hydrogens (primary N) is 1. The first-order valence-electron chi connectivity index (χ1n) is 4.82. The molecule has 1 aromatic heterocycles. The SMILES string of the molecule is Cn1nc(OC/C=C/Cl)c2cc(N)ccc21. The van der Waals surface area contributed by atoms with E-state index in [1.807, 2.05) is 25.2 Å². The molecule has 0 radical (unpaired) electrons. The van der Waals surface area contributed by atoms with Gasteiger partial charge in [-0.05, 0) is 24.3 Å². The molecule has 0 spiro atoms. The Labute approximate surface area is 98.2 Å². The zero-order chi connectivity index (χ0) is 11.5. The zero-order valence-corrected chi connectivity index (χ0v) is 9.61. The fourth-order valence-corrected chi connectivity index (χ4v) is 1.59. The number of fused-ring (bicyclic) bond motifs is 1. The van der Waals surface area contributed by atoms with Gasteiger partial charge in [0.05, 0.1) is 10.9 Å². The van der Waals surface area contributed by atoms with Crippen molar-refractivity contribution >= 4 is 28.2 Å². The monoisotopic (exact) mass is 237 g/mol. The highest BCUT2D eigenvalue weighted by Crippen LogP contribution is 2.26. The summed E-state index contributed by atoms with van der Waals surface area (Å²) in [6.07, 6.45) is 1.70. The van der Waals surface area contributed by atoms with E-state index in [4.69, 9.17) is 22.1 Å². The number of aryl methyl sites for hydroxylation is 1. The summed E-state index contributed by atoms with van der Waals surface area (Å²) in [4.78, 5) is 0. The molecule has 0 aliphatic rings. The molecule has 0 unspecified atom stereocenters. The fourth-order valence-electron chi connectivity index (χ4n) is 1.52. The van der Waals surface area contributed by atoms with Crippen molar-refractivity contribution in [3.8, 4) is 5.88 Å². The number of aromatic nitrogens is 2. The lowest BCUT2D eigenvalue weighted by molar-refractivity contribution is 0.348. The van der Waals surface area contributed by atoms with E-state index < -0.39 is 0 Å². The second-order valence-electron chi connectivity index (χ2n) is 3.38. The van der Waals surface area contributed by atoms with Gasteiger partial charge in [-0.2, -0.15) is 0 Å². The van der Waals surface area contributed by atoms with Crippen LogP contribution in [0, 0.1) is 0 Å². The predicted octanol–water partition coefficient (Wildman–Crippen LogP) is 2.29. The number of nitrogens with zero attached hydrogens (tertiary/aromatic N) is 2. The molecule has 0 bridgehead atoms. The summed E-state index contributed by atoms with van der Waals surface area (Å²) in [6, 6.07) is 5.61. The number of benzene rings is 1. The van der Waals surface area contributed by atoms with Crippen LogP contribution in [0.3, 0.4) is 0 Å². The Morgan fingerprint density at radius 2 is 2.38 bits per heavy atom. The van der Waals surface area contributed by atoms with Crippen LogP contribution in [0.2, 0.25) is 0 Å². The zero-order valence-electron chi connectivity index (χ0n) is 8.85. The van der Waals surface area contributed by atoms with Crippen molar-refractivity contribution in [2.75, 3.05) is 12.3 Å². The van der Waals surface area contributed by atoms with Crippen LogP contribution in [-0.4, -0.2) is 16.4 Å². The van der Waals surface area contributed by atoms with E-state index in [9.17, 15) is 0 Å². The number of anilines is 1. The molecule has 0 atom stereocenters. The smallest absolute Gasteiger partial charge is 0.241 e. The van der Waals surface area contributed by atoms with E-state index in [1.165, 1.54) is 5.54 Å². The van der Waals surface area contributed by atoms with Crippen LogP contribution in [0.25, 0.3) is 10.9 Å². The summed E-state index contributed by atoms with van der Waals surface area (Å²) in [5.74, 6) is 0.569. The average Bonchev–Trinajstić information content (AvgIpc) is 2.56. The average molecular weight is 238 g/mol. The molecule has 0 fully saturated rings. The molecule has 84 valence electrons. The Balaban J connectivity index is 2.40. The van der Waals surface area contributed by atoms with Crippen molar-refractivity contribution in [2.45, 2.75) is 0 Å². The largest absolute Gasteiger partial charge is 0.472 e. The Bertz CT molecular complexity index is 533. The highest BCUT2D eigenvalue weighted by atomic mass is 35.5. The highest BCUT2D eigenvalue weighted by Gasteiger charge is 2.09. The number of halogens is 1. The molecule has 4 nitrogen and oxygen atoms in total. The molecule has 0 saturated carbocycles. The lowest BCUT2D eigenvalue weighted by Crippen LogP contribution is -1.95. The minimum absolute atomic E-state index is 0.393. The third kappa shape index (κ3) is 1.97. The predicted molar refractivity (Wildman–Crippen MR) is 65.6 cm³/mol. The normalized spacial score (nSPS) is 11.4. The van der Waals surface area contributed by atoms with Crippen molar-refractivity contribution in [3.63, 3.8) is 0 Å². The fraction of sp³-hybridized carbons (Fsp3) is 0.182. The first-order chi connectivity index (χ1) is 7.72. The van der Waals surface area contributed by atoms with Gasteiger partial charge in [0.15, 0.2) is 0 Å². The van der Waals surface area contributed by atoms with Crippen LogP contribution in [0.5, 0.6) is 5.88 Å². The first-order valence-corrected chi connectivity index (χ1v) is 5.26. The van der Waals surface area contributed by atoms with Gasteiger partial charge < -0.3 is 10.5 Å². The van der Waals surface area contributed by atoms with Gasteiger partial charge in [0, 0.05) is 18.3 Å². The lowest BCUT2D eigenvalue weighted by atomic mass is 10.2. The third-order valence-electron chi connectivity index (χ3n) is 2.25. The lowest BCUT2D eigenvalue weighted by Gasteiger charge is -1.98. The van der Waals surface area contributed by atoms with Gasteiger partial charge in [0.1, 0.15) is 6.61 Å². The third-order valence-corrected chi connectivity index (χ3v) is 2.42. The van der Waals surface area contributed by atoms with Crippen molar-refractivity contribution in [3.05, 3.63) is 29.8 Å². The number of hydrogen-bond donors (Lipinski definition) is 1. The molecule has 0 aliphatic heterocycles. The molecule has 0 amide bonds. The number of ether oxygens (including phenoxy) is 1. The minimum atomic E-state index is 0.393. The Kier molecular flexibility index (Phi) is 3.01. The van der Waals surface area contributed by atoms with E-state index >= 15 is 0 Å². The van der Waals surface area contributed by atoms with Crippen LogP contribution < -0.4 is 10.5 Å². The Morgan fingerprint density at radius 1 is 1.56 bits per heavy atom. The van der Waals surface area contributed by atoms with Gasteiger partial charge in [-0.3, -0.25) is 4.68 Å². The minimum Gasteiger partial charge on any atom is -0.472 e. The topological polar surface area (TPSA) is 53.1 Å². The summed E-state index contributed by atoms with van der Waals surface area (Å²) in [7, 11) is 1.86. The van der Waals surface area contributed by atoms with Gasteiger partial charge in [0.25, 0.3) is 0 Å². The van der Waals surface area contributed by atoms with Crippen molar-refractivity contribution < 1.29 is 4.74 Å². The first kappa shape index (κ1) is 10.8.